The number of rotatable bonds is 3. The van der Waals surface area contributed by atoms with Gasteiger partial charge >= 0.3 is 0 Å². The molecule has 0 spiro atoms. The van der Waals surface area contributed by atoms with Gasteiger partial charge in [-0.3, -0.25) is 0 Å². The third-order valence-electron chi connectivity index (χ3n) is 3.50. The fourth-order valence-electron chi connectivity index (χ4n) is 2.55. The fraction of sp³-hybridized carbons (Fsp3) is 0.571. The highest BCUT2D eigenvalue weighted by Gasteiger charge is 2.24. The predicted octanol–water partition coefficient (Wildman–Crippen LogP) is 2.50. The SMILES string of the molecule is Cc1cccc(C(CO)C2CCOCC2)c1. The summed E-state index contributed by atoms with van der Waals surface area (Å²) < 4.78 is 5.37. The van der Waals surface area contributed by atoms with Crippen molar-refractivity contribution in [1.29, 1.82) is 0 Å². The number of hydrogen-bond acceptors (Lipinski definition) is 2. The average Bonchev–Trinajstić information content (AvgIpc) is 2.31. The molecule has 1 heterocycles. The van der Waals surface area contributed by atoms with Crippen LogP contribution >= 0.6 is 0 Å². The third-order valence-corrected chi connectivity index (χ3v) is 3.50. The highest BCUT2D eigenvalue weighted by Crippen LogP contribution is 2.31. The molecule has 0 amide bonds. The average molecular weight is 220 g/mol. The molecule has 2 nitrogen and oxygen atoms in total. The van der Waals surface area contributed by atoms with Gasteiger partial charge < -0.3 is 9.84 Å². The first-order chi connectivity index (χ1) is 7.81. The van der Waals surface area contributed by atoms with Gasteiger partial charge in [0.1, 0.15) is 0 Å². The largest absolute Gasteiger partial charge is 0.396 e. The smallest absolute Gasteiger partial charge is 0.0502 e. The monoisotopic (exact) mass is 220 g/mol. The lowest BCUT2D eigenvalue weighted by atomic mass is 9.81. The van der Waals surface area contributed by atoms with Crippen LogP contribution in [0.4, 0.5) is 0 Å². The number of benzene rings is 1. The Labute approximate surface area is 97.3 Å². The minimum atomic E-state index is 0.244. The van der Waals surface area contributed by atoms with Crippen LogP contribution in [0.2, 0.25) is 0 Å². The molecule has 1 aliphatic rings. The van der Waals surface area contributed by atoms with Crippen LogP contribution in [-0.2, 0) is 4.74 Å². The molecule has 1 atom stereocenters. The summed E-state index contributed by atoms with van der Waals surface area (Å²) in [5.74, 6) is 0.851. The Morgan fingerprint density at radius 3 is 2.75 bits per heavy atom. The zero-order valence-electron chi connectivity index (χ0n) is 9.86. The summed E-state index contributed by atoms with van der Waals surface area (Å²) in [7, 11) is 0. The summed E-state index contributed by atoms with van der Waals surface area (Å²) in [5, 5.41) is 9.58. The van der Waals surface area contributed by atoms with Gasteiger partial charge in [-0.2, -0.15) is 0 Å². The Hall–Kier alpha value is -0.860. The standard InChI is InChI=1S/C14H20O2/c1-11-3-2-4-13(9-11)14(10-15)12-5-7-16-8-6-12/h2-4,9,12,14-15H,5-8,10H2,1H3. The van der Waals surface area contributed by atoms with Crippen LogP contribution in [0, 0.1) is 12.8 Å². The second-order valence-corrected chi connectivity index (χ2v) is 4.65. The molecule has 88 valence electrons. The Bertz CT molecular complexity index is 329. The van der Waals surface area contributed by atoms with Crippen LogP contribution in [0.1, 0.15) is 29.9 Å². The minimum absolute atomic E-state index is 0.244. The van der Waals surface area contributed by atoms with Crippen LogP contribution in [0.25, 0.3) is 0 Å². The van der Waals surface area contributed by atoms with Gasteiger partial charge in [-0.1, -0.05) is 29.8 Å². The summed E-state index contributed by atoms with van der Waals surface area (Å²) in [4.78, 5) is 0. The molecule has 0 saturated carbocycles. The van der Waals surface area contributed by atoms with Gasteiger partial charge in [0.25, 0.3) is 0 Å². The minimum Gasteiger partial charge on any atom is -0.396 e. The number of aliphatic hydroxyl groups is 1. The molecule has 1 aromatic carbocycles. The van der Waals surface area contributed by atoms with Crippen molar-refractivity contribution in [3.8, 4) is 0 Å². The molecule has 1 saturated heterocycles. The van der Waals surface area contributed by atoms with E-state index in [1.165, 1.54) is 11.1 Å². The maximum absolute atomic E-state index is 9.58. The van der Waals surface area contributed by atoms with Crippen molar-refractivity contribution in [2.75, 3.05) is 19.8 Å². The molecule has 2 rings (SSSR count). The Morgan fingerprint density at radius 2 is 2.12 bits per heavy atom. The van der Waals surface area contributed by atoms with Crippen molar-refractivity contribution >= 4 is 0 Å². The molecule has 1 aromatic rings. The van der Waals surface area contributed by atoms with Crippen LogP contribution in [0.3, 0.4) is 0 Å². The number of ether oxygens (including phenoxy) is 1. The first-order valence-corrected chi connectivity index (χ1v) is 6.06. The molecule has 0 radical (unpaired) electrons. The van der Waals surface area contributed by atoms with E-state index in [9.17, 15) is 5.11 Å². The van der Waals surface area contributed by atoms with Crippen LogP contribution in [0.15, 0.2) is 24.3 Å². The lowest BCUT2D eigenvalue weighted by Crippen LogP contribution is -2.24. The van der Waals surface area contributed by atoms with E-state index < -0.39 is 0 Å². The van der Waals surface area contributed by atoms with E-state index in [4.69, 9.17) is 4.74 Å². The second-order valence-electron chi connectivity index (χ2n) is 4.65. The van der Waals surface area contributed by atoms with Crippen molar-refractivity contribution < 1.29 is 9.84 Å². The molecule has 1 fully saturated rings. The summed E-state index contributed by atoms with van der Waals surface area (Å²) in [6.07, 6.45) is 2.14. The van der Waals surface area contributed by atoms with Crippen LogP contribution in [0.5, 0.6) is 0 Å². The quantitative estimate of drug-likeness (QED) is 0.848. The van der Waals surface area contributed by atoms with E-state index in [-0.39, 0.29) is 12.5 Å². The van der Waals surface area contributed by atoms with E-state index in [2.05, 4.69) is 31.2 Å². The number of hydrogen-bond donors (Lipinski definition) is 1. The highest BCUT2D eigenvalue weighted by atomic mass is 16.5. The van der Waals surface area contributed by atoms with Crippen molar-refractivity contribution in [1.82, 2.24) is 0 Å². The van der Waals surface area contributed by atoms with Crippen molar-refractivity contribution in [2.45, 2.75) is 25.7 Å². The van der Waals surface area contributed by atoms with Crippen LogP contribution < -0.4 is 0 Å². The second kappa shape index (κ2) is 5.46. The van der Waals surface area contributed by atoms with Gasteiger partial charge in [-0.05, 0) is 31.2 Å². The molecule has 16 heavy (non-hydrogen) atoms. The van der Waals surface area contributed by atoms with Crippen molar-refractivity contribution in [2.24, 2.45) is 5.92 Å². The van der Waals surface area contributed by atoms with Gasteiger partial charge in [0.2, 0.25) is 0 Å². The Morgan fingerprint density at radius 1 is 1.38 bits per heavy atom. The Kier molecular flexibility index (Phi) is 3.97. The molecule has 1 N–H and O–H groups in total. The normalized spacial score (nSPS) is 19.6. The third kappa shape index (κ3) is 2.63. The first-order valence-electron chi connectivity index (χ1n) is 6.06. The summed E-state index contributed by atoms with van der Waals surface area (Å²) >= 11 is 0. The topological polar surface area (TPSA) is 29.5 Å². The summed E-state index contributed by atoms with van der Waals surface area (Å²) in [5.41, 5.74) is 2.54. The zero-order valence-corrected chi connectivity index (χ0v) is 9.86. The Balaban J connectivity index is 2.14. The van der Waals surface area contributed by atoms with Gasteiger partial charge in [0.05, 0.1) is 6.61 Å². The number of aliphatic hydroxyl groups excluding tert-OH is 1. The van der Waals surface area contributed by atoms with Gasteiger partial charge in [-0.25, -0.2) is 0 Å². The molecule has 1 unspecified atom stereocenters. The molecule has 2 heteroatoms. The van der Waals surface area contributed by atoms with Gasteiger partial charge in [-0.15, -0.1) is 0 Å². The lowest BCUT2D eigenvalue weighted by molar-refractivity contribution is 0.0493. The maximum atomic E-state index is 9.58. The molecule has 1 aliphatic heterocycles. The van der Waals surface area contributed by atoms with E-state index in [1.54, 1.807) is 0 Å². The molecular weight excluding hydrogens is 200 g/mol. The van der Waals surface area contributed by atoms with Crippen molar-refractivity contribution in [3.05, 3.63) is 35.4 Å². The maximum Gasteiger partial charge on any atom is 0.0502 e. The molecule has 0 aromatic heterocycles. The van der Waals surface area contributed by atoms with Gasteiger partial charge in [0.15, 0.2) is 0 Å². The van der Waals surface area contributed by atoms with E-state index in [0.717, 1.165) is 26.1 Å². The van der Waals surface area contributed by atoms with E-state index >= 15 is 0 Å². The zero-order chi connectivity index (χ0) is 11.4. The van der Waals surface area contributed by atoms with Crippen LogP contribution in [-0.4, -0.2) is 24.9 Å². The fourth-order valence-corrected chi connectivity index (χ4v) is 2.55. The van der Waals surface area contributed by atoms with Crippen molar-refractivity contribution in [3.63, 3.8) is 0 Å². The van der Waals surface area contributed by atoms with E-state index in [1.807, 2.05) is 0 Å². The first kappa shape index (κ1) is 11.6. The summed E-state index contributed by atoms with van der Waals surface area (Å²) in [6, 6.07) is 8.49. The highest BCUT2D eigenvalue weighted by molar-refractivity contribution is 5.26. The summed E-state index contributed by atoms with van der Waals surface area (Å²) in [6.45, 7) is 4.02. The lowest BCUT2D eigenvalue weighted by Gasteiger charge is -2.29. The number of aryl methyl sites for hydroxylation is 1. The molecular formula is C14H20O2. The molecule has 0 aliphatic carbocycles. The van der Waals surface area contributed by atoms with Gasteiger partial charge in [0, 0.05) is 19.1 Å². The predicted molar refractivity (Wildman–Crippen MR) is 64.5 cm³/mol. The van der Waals surface area contributed by atoms with E-state index in [0.29, 0.717) is 5.92 Å². The molecule has 0 bridgehead atoms.